The number of piperazine rings is 1. The fraction of sp³-hybridized carbons (Fsp3) is 0.706. The average Bonchev–Trinajstić information content (AvgIpc) is 2.62. The van der Waals surface area contributed by atoms with Crippen molar-refractivity contribution in [2.45, 2.75) is 45.4 Å². The lowest BCUT2D eigenvalue weighted by Crippen LogP contribution is -2.46. The molecular weight excluding hydrogens is 290 g/mol. The molecule has 1 aliphatic carbocycles. The van der Waals surface area contributed by atoms with E-state index in [-0.39, 0.29) is 0 Å². The molecule has 1 N–H and O–H groups in total. The van der Waals surface area contributed by atoms with Gasteiger partial charge in [-0.15, -0.1) is 0 Å². The van der Waals surface area contributed by atoms with Crippen molar-refractivity contribution in [3.05, 3.63) is 11.3 Å². The van der Waals surface area contributed by atoms with Crippen LogP contribution in [0.5, 0.6) is 0 Å². The van der Waals surface area contributed by atoms with Gasteiger partial charge >= 0.3 is 0 Å². The smallest absolute Gasteiger partial charge is 0.227 e. The molecule has 0 spiro atoms. The van der Waals surface area contributed by atoms with E-state index in [4.69, 9.17) is 9.97 Å². The summed E-state index contributed by atoms with van der Waals surface area (Å²) in [6.45, 7) is 6.30. The van der Waals surface area contributed by atoms with E-state index in [2.05, 4.69) is 17.1 Å². The molecule has 1 fully saturated rings. The van der Waals surface area contributed by atoms with Crippen LogP contribution in [-0.2, 0) is 17.6 Å². The van der Waals surface area contributed by atoms with Gasteiger partial charge in [0.2, 0.25) is 12.4 Å². The molecule has 0 bridgehead atoms. The largest absolute Gasteiger partial charge is 0.370 e. The Morgan fingerprint density at radius 2 is 1.91 bits per heavy atom. The van der Waals surface area contributed by atoms with Gasteiger partial charge in [-0.1, -0.05) is 13.3 Å². The Hall–Kier alpha value is -1.85. The first kappa shape index (κ1) is 16.0. The van der Waals surface area contributed by atoms with Crippen molar-refractivity contribution >= 4 is 18.2 Å². The molecule has 1 aromatic heterocycles. The first-order chi connectivity index (χ1) is 11.3. The molecular formula is C17H27N5O. The number of hydrogen-bond acceptors (Lipinski definition) is 5. The number of anilines is 2. The van der Waals surface area contributed by atoms with Crippen molar-refractivity contribution < 1.29 is 4.79 Å². The highest BCUT2D eigenvalue weighted by Crippen LogP contribution is 2.28. The summed E-state index contributed by atoms with van der Waals surface area (Å²) in [4.78, 5) is 24.6. The van der Waals surface area contributed by atoms with Gasteiger partial charge < -0.3 is 15.1 Å². The van der Waals surface area contributed by atoms with Gasteiger partial charge in [0.1, 0.15) is 5.82 Å². The Labute approximate surface area is 138 Å². The van der Waals surface area contributed by atoms with E-state index in [9.17, 15) is 4.79 Å². The number of carbonyl (C=O) groups excluding carboxylic acids is 1. The van der Waals surface area contributed by atoms with E-state index in [1.807, 2.05) is 4.90 Å². The number of aromatic nitrogens is 2. The summed E-state index contributed by atoms with van der Waals surface area (Å²) in [6.07, 6.45) is 7.87. The molecule has 1 aliphatic heterocycles. The molecule has 3 rings (SSSR count). The Kier molecular flexibility index (Phi) is 5.31. The number of rotatable bonds is 6. The van der Waals surface area contributed by atoms with Crippen LogP contribution in [0, 0.1) is 0 Å². The summed E-state index contributed by atoms with van der Waals surface area (Å²) in [5.41, 5.74) is 2.54. The maximum atomic E-state index is 10.9. The van der Waals surface area contributed by atoms with Crippen molar-refractivity contribution in [1.29, 1.82) is 0 Å². The van der Waals surface area contributed by atoms with E-state index in [1.165, 1.54) is 30.5 Å². The summed E-state index contributed by atoms with van der Waals surface area (Å²) >= 11 is 0. The average molecular weight is 317 g/mol. The summed E-state index contributed by atoms with van der Waals surface area (Å²) in [6, 6.07) is 0. The van der Waals surface area contributed by atoms with Crippen LogP contribution in [-0.4, -0.2) is 54.0 Å². The van der Waals surface area contributed by atoms with Crippen LogP contribution < -0.4 is 10.2 Å². The lowest BCUT2D eigenvalue weighted by atomic mass is 9.96. The van der Waals surface area contributed by atoms with Crippen LogP contribution in [0.4, 0.5) is 11.8 Å². The van der Waals surface area contributed by atoms with Crippen LogP contribution in [0.15, 0.2) is 0 Å². The molecule has 0 saturated carbocycles. The standard InChI is InChI=1S/C17H27N5O/c1-2-3-8-18-16-14-6-4-5-7-15(14)19-17(20-16)22-11-9-21(13-23)10-12-22/h13H,2-12H2,1H3,(H,18,19,20). The van der Waals surface area contributed by atoms with Crippen molar-refractivity contribution in [2.24, 2.45) is 0 Å². The first-order valence-electron chi connectivity index (χ1n) is 8.89. The number of fused-ring (bicyclic) bond motifs is 1. The molecule has 0 unspecified atom stereocenters. The summed E-state index contributed by atoms with van der Waals surface area (Å²) in [7, 11) is 0. The van der Waals surface area contributed by atoms with Crippen LogP contribution >= 0.6 is 0 Å². The molecule has 0 atom stereocenters. The van der Waals surface area contributed by atoms with Gasteiger partial charge in [-0.2, -0.15) is 4.98 Å². The molecule has 2 aliphatic rings. The second-order valence-corrected chi connectivity index (χ2v) is 6.41. The fourth-order valence-corrected chi connectivity index (χ4v) is 3.28. The van der Waals surface area contributed by atoms with Crippen LogP contribution in [0.2, 0.25) is 0 Å². The number of carbonyl (C=O) groups is 1. The quantitative estimate of drug-likeness (QED) is 0.641. The van der Waals surface area contributed by atoms with Crippen molar-refractivity contribution in [3.8, 4) is 0 Å². The molecule has 1 amide bonds. The van der Waals surface area contributed by atoms with Crippen molar-refractivity contribution in [1.82, 2.24) is 14.9 Å². The van der Waals surface area contributed by atoms with Crippen molar-refractivity contribution in [3.63, 3.8) is 0 Å². The predicted octanol–water partition coefficient (Wildman–Crippen LogP) is 1.85. The van der Waals surface area contributed by atoms with Gasteiger partial charge in [0.25, 0.3) is 0 Å². The molecule has 1 aromatic rings. The molecule has 2 heterocycles. The molecule has 0 aromatic carbocycles. The fourth-order valence-electron chi connectivity index (χ4n) is 3.28. The highest BCUT2D eigenvalue weighted by atomic mass is 16.1. The number of nitrogens with zero attached hydrogens (tertiary/aromatic N) is 4. The maximum absolute atomic E-state index is 10.9. The third kappa shape index (κ3) is 3.74. The molecule has 0 radical (unpaired) electrons. The monoisotopic (exact) mass is 317 g/mol. The van der Waals surface area contributed by atoms with E-state index in [1.54, 1.807) is 0 Å². The van der Waals surface area contributed by atoms with Crippen LogP contribution in [0.3, 0.4) is 0 Å². The number of unbranched alkanes of at least 4 members (excludes halogenated alkanes) is 1. The van der Waals surface area contributed by atoms with Gasteiger partial charge in [0.05, 0.1) is 5.69 Å². The highest BCUT2D eigenvalue weighted by Gasteiger charge is 2.22. The Morgan fingerprint density at radius 3 is 2.65 bits per heavy atom. The van der Waals surface area contributed by atoms with Gasteiger partial charge in [0.15, 0.2) is 0 Å². The van der Waals surface area contributed by atoms with E-state index >= 15 is 0 Å². The first-order valence-corrected chi connectivity index (χ1v) is 8.89. The normalized spacial score (nSPS) is 17.8. The topological polar surface area (TPSA) is 61.4 Å². The van der Waals surface area contributed by atoms with E-state index < -0.39 is 0 Å². The second-order valence-electron chi connectivity index (χ2n) is 6.41. The zero-order valence-corrected chi connectivity index (χ0v) is 14.1. The van der Waals surface area contributed by atoms with Crippen LogP contribution in [0.25, 0.3) is 0 Å². The number of nitrogens with one attached hydrogen (secondary N) is 1. The molecule has 6 nitrogen and oxygen atoms in total. The third-order valence-corrected chi connectivity index (χ3v) is 4.74. The minimum atomic E-state index is 0.753. The van der Waals surface area contributed by atoms with E-state index in [0.717, 1.165) is 70.2 Å². The minimum Gasteiger partial charge on any atom is -0.370 e. The minimum absolute atomic E-state index is 0.753. The third-order valence-electron chi connectivity index (χ3n) is 4.74. The summed E-state index contributed by atoms with van der Waals surface area (Å²) < 4.78 is 0. The lowest BCUT2D eigenvalue weighted by molar-refractivity contribution is -0.118. The molecule has 23 heavy (non-hydrogen) atoms. The summed E-state index contributed by atoms with van der Waals surface area (Å²) in [5.74, 6) is 1.87. The zero-order valence-electron chi connectivity index (χ0n) is 14.1. The van der Waals surface area contributed by atoms with Gasteiger partial charge in [-0.3, -0.25) is 4.79 Å². The SMILES string of the molecule is CCCCNc1nc(N2CCN(C=O)CC2)nc2c1CCCC2. The van der Waals surface area contributed by atoms with E-state index in [0.29, 0.717) is 0 Å². The van der Waals surface area contributed by atoms with Crippen LogP contribution in [0.1, 0.15) is 43.9 Å². The number of hydrogen-bond donors (Lipinski definition) is 1. The molecule has 126 valence electrons. The van der Waals surface area contributed by atoms with Gasteiger partial charge in [-0.25, -0.2) is 4.98 Å². The molecule has 6 heteroatoms. The van der Waals surface area contributed by atoms with Gasteiger partial charge in [-0.05, 0) is 32.1 Å². The molecule has 1 saturated heterocycles. The predicted molar refractivity (Wildman–Crippen MR) is 91.9 cm³/mol. The van der Waals surface area contributed by atoms with Crippen molar-refractivity contribution in [2.75, 3.05) is 42.9 Å². The Balaban J connectivity index is 1.80. The highest BCUT2D eigenvalue weighted by molar-refractivity contribution is 5.53. The Bertz CT molecular complexity index is 540. The van der Waals surface area contributed by atoms with Gasteiger partial charge in [0, 0.05) is 38.3 Å². The zero-order chi connectivity index (χ0) is 16.1. The second kappa shape index (κ2) is 7.62. The Morgan fingerprint density at radius 1 is 1.13 bits per heavy atom. The number of aryl methyl sites for hydroxylation is 1. The summed E-state index contributed by atoms with van der Waals surface area (Å²) in [5, 5.41) is 3.53. The number of amides is 1. The lowest BCUT2D eigenvalue weighted by Gasteiger charge is -2.33. The maximum Gasteiger partial charge on any atom is 0.227 e.